The lowest BCUT2D eigenvalue weighted by Crippen LogP contribution is -2.24. The lowest BCUT2D eigenvalue weighted by Gasteiger charge is -2.17. The lowest BCUT2D eigenvalue weighted by molar-refractivity contribution is -0.128. The molecule has 1 saturated heterocycles. The Labute approximate surface area is 169 Å². The van der Waals surface area contributed by atoms with E-state index in [1.165, 1.54) is 11.8 Å². The van der Waals surface area contributed by atoms with Gasteiger partial charge in [-0.1, -0.05) is 43.8 Å². The van der Waals surface area contributed by atoms with Crippen LogP contribution in [0.5, 0.6) is 0 Å². The standard InChI is InChI=1S/C20H26N4O3S/c1-4-13(2)15-8-5-6-9-16(15)21-19(26)14(3)28-20-23-22-17(27-20)12-24-11-7-10-18(24)25/h5-6,8-9,13-14H,4,7,10-12H2,1-3H3,(H,21,26). The van der Waals surface area contributed by atoms with Crippen molar-refractivity contribution in [2.45, 2.75) is 63.0 Å². The summed E-state index contributed by atoms with van der Waals surface area (Å²) in [6, 6.07) is 7.88. The zero-order valence-electron chi connectivity index (χ0n) is 16.5. The number of thioether (sulfide) groups is 1. The number of para-hydroxylation sites is 1. The molecule has 8 heteroatoms. The van der Waals surface area contributed by atoms with E-state index in [2.05, 4.69) is 29.4 Å². The molecule has 7 nitrogen and oxygen atoms in total. The van der Waals surface area contributed by atoms with Gasteiger partial charge in [0.15, 0.2) is 0 Å². The van der Waals surface area contributed by atoms with E-state index in [0.717, 1.165) is 30.6 Å². The zero-order chi connectivity index (χ0) is 20.1. The molecule has 2 heterocycles. The molecule has 1 aliphatic rings. The van der Waals surface area contributed by atoms with E-state index in [0.29, 0.717) is 30.0 Å². The Morgan fingerprint density at radius 3 is 2.82 bits per heavy atom. The summed E-state index contributed by atoms with van der Waals surface area (Å²) in [7, 11) is 0. The number of anilines is 1. The molecule has 0 spiro atoms. The van der Waals surface area contributed by atoms with Crippen LogP contribution in [0.15, 0.2) is 33.9 Å². The van der Waals surface area contributed by atoms with E-state index in [9.17, 15) is 9.59 Å². The Balaban J connectivity index is 1.58. The number of rotatable bonds is 8. The van der Waals surface area contributed by atoms with Crippen LogP contribution in [-0.4, -0.2) is 38.7 Å². The number of hydrogen-bond donors (Lipinski definition) is 1. The second-order valence-electron chi connectivity index (χ2n) is 7.03. The maximum Gasteiger partial charge on any atom is 0.277 e. The molecule has 1 aromatic carbocycles. The molecule has 3 rings (SSSR count). The van der Waals surface area contributed by atoms with Gasteiger partial charge in [0.25, 0.3) is 5.22 Å². The van der Waals surface area contributed by atoms with Gasteiger partial charge in [0.05, 0.1) is 11.8 Å². The quantitative estimate of drug-likeness (QED) is 0.675. The summed E-state index contributed by atoms with van der Waals surface area (Å²) < 4.78 is 5.61. The van der Waals surface area contributed by atoms with Gasteiger partial charge in [-0.3, -0.25) is 9.59 Å². The molecular formula is C20H26N4O3S. The van der Waals surface area contributed by atoms with Gasteiger partial charge >= 0.3 is 0 Å². The zero-order valence-corrected chi connectivity index (χ0v) is 17.3. The topological polar surface area (TPSA) is 88.3 Å². The number of hydrogen-bond acceptors (Lipinski definition) is 6. The third kappa shape index (κ3) is 4.92. The first-order valence-electron chi connectivity index (χ1n) is 9.64. The highest BCUT2D eigenvalue weighted by molar-refractivity contribution is 8.00. The predicted molar refractivity (Wildman–Crippen MR) is 108 cm³/mol. The summed E-state index contributed by atoms with van der Waals surface area (Å²) in [5.74, 6) is 0.758. The van der Waals surface area contributed by atoms with Gasteiger partial charge in [-0.25, -0.2) is 0 Å². The summed E-state index contributed by atoms with van der Waals surface area (Å²) >= 11 is 1.21. The summed E-state index contributed by atoms with van der Waals surface area (Å²) in [6.07, 6.45) is 2.44. The average molecular weight is 403 g/mol. The molecule has 1 aliphatic heterocycles. The van der Waals surface area contributed by atoms with E-state index < -0.39 is 5.25 Å². The minimum absolute atomic E-state index is 0.111. The van der Waals surface area contributed by atoms with E-state index in [1.807, 2.05) is 24.3 Å². The lowest BCUT2D eigenvalue weighted by atomic mass is 9.97. The summed E-state index contributed by atoms with van der Waals surface area (Å²) in [5, 5.41) is 10.9. The predicted octanol–water partition coefficient (Wildman–Crippen LogP) is 3.82. The van der Waals surface area contributed by atoms with Crippen molar-refractivity contribution >= 4 is 29.3 Å². The molecule has 1 aromatic heterocycles. The fourth-order valence-corrected chi connectivity index (χ4v) is 3.78. The van der Waals surface area contributed by atoms with Crippen LogP contribution in [0.1, 0.15) is 57.4 Å². The van der Waals surface area contributed by atoms with Crippen molar-refractivity contribution in [3.8, 4) is 0 Å². The first-order chi connectivity index (χ1) is 13.5. The van der Waals surface area contributed by atoms with Crippen molar-refractivity contribution < 1.29 is 14.0 Å². The number of aromatic nitrogens is 2. The van der Waals surface area contributed by atoms with E-state index >= 15 is 0 Å². The summed E-state index contributed by atoms with van der Waals surface area (Å²) in [4.78, 5) is 26.0. The Hall–Kier alpha value is -2.35. The number of carbonyl (C=O) groups is 2. The van der Waals surface area contributed by atoms with Crippen molar-refractivity contribution in [3.05, 3.63) is 35.7 Å². The van der Waals surface area contributed by atoms with Gasteiger partial charge in [0.2, 0.25) is 17.7 Å². The van der Waals surface area contributed by atoms with Crippen LogP contribution in [-0.2, 0) is 16.1 Å². The molecule has 150 valence electrons. The van der Waals surface area contributed by atoms with Gasteiger partial charge in [0.1, 0.15) is 0 Å². The highest BCUT2D eigenvalue weighted by Crippen LogP contribution is 2.28. The van der Waals surface area contributed by atoms with Crippen LogP contribution in [0, 0.1) is 0 Å². The number of carbonyl (C=O) groups excluding carboxylic acids is 2. The second-order valence-corrected chi connectivity index (χ2v) is 8.32. The molecule has 0 saturated carbocycles. The monoisotopic (exact) mass is 402 g/mol. The summed E-state index contributed by atoms with van der Waals surface area (Å²) in [5.41, 5.74) is 1.97. The van der Waals surface area contributed by atoms with Crippen LogP contribution in [0.3, 0.4) is 0 Å². The molecule has 0 aliphatic carbocycles. The van der Waals surface area contributed by atoms with Crippen LogP contribution in [0.4, 0.5) is 5.69 Å². The molecular weight excluding hydrogens is 376 g/mol. The SMILES string of the molecule is CCC(C)c1ccccc1NC(=O)C(C)Sc1nnc(CN2CCCC2=O)o1. The third-order valence-corrected chi connectivity index (χ3v) is 5.89. The van der Waals surface area contributed by atoms with Gasteiger partial charge in [-0.2, -0.15) is 0 Å². The van der Waals surface area contributed by atoms with E-state index in [4.69, 9.17) is 4.42 Å². The van der Waals surface area contributed by atoms with Crippen molar-refractivity contribution in [2.24, 2.45) is 0 Å². The molecule has 28 heavy (non-hydrogen) atoms. The molecule has 1 fully saturated rings. The minimum atomic E-state index is -0.397. The molecule has 0 bridgehead atoms. The van der Waals surface area contributed by atoms with Crippen molar-refractivity contribution in [2.75, 3.05) is 11.9 Å². The average Bonchev–Trinajstić information content (AvgIpc) is 3.30. The first-order valence-corrected chi connectivity index (χ1v) is 10.5. The second kappa shape index (κ2) is 9.23. The van der Waals surface area contributed by atoms with Crippen molar-refractivity contribution in [3.63, 3.8) is 0 Å². The smallest absolute Gasteiger partial charge is 0.277 e. The highest BCUT2D eigenvalue weighted by atomic mass is 32.2. The number of likely N-dealkylation sites (tertiary alicyclic amines) is 1. The van der Waals surface area contributed by atoms with Crippen LogP contribution < -0.4 is 5.32 Å². The highest BCUT2D eigenvalue weighted by Gasteiger charge is 2.24. The largest absolute Gasteiger partial charge is 0.414 e. The number of nitrogens with one attached hydrogen (secondary N) is 1. The Bertz CT molecular complexity index is 838. The number of benzene rings is 1. The Kier molecular flexibility index (Phi) is 6.72. The van der Waals surface area contributed by atoms with Gasteiger partial charge in [0, 0.05) is 18.7 Å². The fraction of sp³-hybridized carbons (Fsp3) is 0.500. The minimum Gasteiger partial charge on any atom is -0.414 e. The van der Waals surface area contributed by atoms with Gasteiger partial charge < -0.3 is 14.6 Å². The molecule has 2 aromatic rings. The Morgan fingerprint density at radius 2 is 2.11 bits per heavy atom. The molecule has 2 unspecified atom stereocenters. The van der Waals surface area contributed by atoms with Crippen LogP contribution >= 0.6 is 11.8 Å². The normalized spacial score (nSPS) is 16.2. The van der Waals surface area contributed by atoms with E-state index in [1.54, 1.807) is 11.8 Å². The molecule has 1 N–H and O–H groups in total. The van der Waals surface area contributed by atoms with Crippen molar-refractivity contribution in [1.82, 2.24) is 15.1 Å². The van der Waals surface area contributed by atoms with E-state index in [-0.39, 0.29) is 11.8 Å². The fourth-order valence-electron chi connectivity index (χ4n) is 3.08. The molecule has 2 amide bonds. The van der Waals surface area contributed by atoms with Crippen molar-refractivity contribution in [1.29, 1.82) is 0 Å². The van der Waals surface area contributed by atoms with Crippen LogP contribution in [0.2, 0.25) is 0 Å². The third-order valence-electron chi connectivity index (χ3n) is 4.95. The van der Waals surface area contributed by atoms with Gasteiger partial charge in [-0.15, -0.1) is 10.2 Å². The van der Waals surface area contributed by atoms with Gasteiger partial charge in [-0.05, 0) is 37.3 Å². The van der Waals surface area contributed by atoms with Crippen LogP contribution in [0.25, 0.3) is 0 Å². The molecule has 2 atom stereocenters. The maximum atomic E-state index is 12.6. The Morgan fingerprint density at radius 1 is 1.32 bits per heavy atom. The number of nitrogens with zero attached hydrogens (tertiary/aromatic N) is 3. The molecule has 0 radical (unpaired) electrons. The maximum absolute atomic E-state index is 12.6. The first kappa shape index (κ1) is 20.4. The summed E-state index contributed by atoms with van der Waals surface area (Å²) in [6.45, 7) is 7.13. The number of amides is 2.